The van der Waals surface area contributed by atoms with Gasteiger partial charge in [0.05, 0.1) is 11.0 Å². The number of carbonyl (C=O) groups is 1. The normalized spacial score (nSPS) is 17.3. The Kier molecular flexibility index (Phi) is 4.00. The molecule has 0 atom stereocenters. The summed E-state index contributed by atoms with van der Waals surface area (Å²) in [4.78, 5) is 26.5. The highest BCUT2D eigenvalue weighted by Gasteiger charge is 2.35. The van der Waals surface area contributed by atoms with Crippen molar-refractivity contribution in [2.24, 2.45) is 5.92 Å². The lowest BCUT2D eigenvalue weighted by molar-refractivity contribution is -0.132. The molecule has 0 unspecified atom stereocenters. The molecule has 5 nitrogen and oxygen atoms in total. The molecule has 2 aromatic carbocycles. The molecule has 0 spiro atoms. The molecule has 2 fully saturated rings. The number of hydrogen-bond acceptors (Lipinski definition) is 4. The predicted octanol–water partition coefficient (Wildman–Crippen LogP) is 3.36. The van der Waals surface area contributed by atoms with Gasteiger partial charge >= 0.3 is 0 Å². The fourth-order valence-corrected chi connectivity index (χ4v) is 3.73. The molecule has 1 aliphatic heterocycles. The summed E-state index contributed by atoms with van der Waals surface area (Å²) < 4.78 is 0. The molecule has 1 saturated carbocycles. The van der Waals surface area contributed by atoms with Crippen LogP contribution in [0.15, 0.2) is 54.6 Å². The van der Waals surface area contributed by atoms with Crippen LogP contribution in [0.1, 0.15) is 12.8 Å². The Morgan fingerprint density at radius 2 is 1.44 bits per heavy atom. The van der Waals surface area contributed by atoms with Gasteiger partial charge in [0, 0.05) is 37.7 Å². The molecule has 5 heteroatoms. The van der Waals surface area contributed by atoms with Gasteiger partial charge in [-0.3, -0.25) is 4.79 Å². The summed E-state index contributed by atoms with van der Waals surface area (Å²) in [6, 6.07) is 18.2. The standard InChI is InChI=1S/C22H22N4O/c27-22(17-10-11-17)26-14-12-25(13-15-26)21-20(16-6-2-1-3-7-16)23-18-8-4-5-9-19(18)24-21/h1-9,17H,10-15H2. The Morgan fingerprint density at radius 1 is 0.815 bits per heavy atom. The van der Waals surface area contributed by atoms with Crippen LogP contribution in [0.5, 0.6) is 0 Å². The maximum atomic E-state index is 12.3. The van der Waals surface area contributed by atoms with E-state index in [0.29, 0.717) is 5.91 Å². The summed E-state index contributed by atoms with van der Waals surface area (Å²) >= 11 is 0. The van der Waals surface area contributed by atoms with Crippen LogP contribution in [0, 0.1) is 5.92 Å². The van der Waals surface area contributed by atoms with E-state index in [2.05, 4.69) is 17.0 Å². The van der Waals surface area contributed by atoms with E-state index in [9.17, 15) is 4.79 Å². The van der Waals surface area contributed by atoms with Crippen LogP contribution in [0.2, 0.25) is 0 Å². The molecule has 1 saturated heterocycles. The van der Waals surface area contributed by atoms with E-state index in [1.807, 2.05) is 47.4 Å². The third-order valence-corrected chi connectivity index (χ3v) is 5.42. The van der Waals surface area contributed by atoms with Crippen molar-refractivity contribution in [2.45, 2.75) is 12.8 Å². The summed E-state index contributed by atoms with van der Waals surface area (Å²) in [6.07, 6.45) is 2.13. The number of nitrogens with zero attached hydrogens (tertiary/aromatic N) is 4. The SMILES string of the molecule is O=C(C1CC1)N1CCN(c2nc3ccccc3nc2-c2ccccc2)CC1. The average molecular weight is 358 g/mol. The molecular weight excluding hydrogens is 336 g/mol. The second-order valence-electron chi connectivity index (χ2n) is 7.34. The fourth-order valence-electron chi connectivity index (χ4n) is 3.73. The third kappa shape index (κ3) is 3.14. The van der Waals surface area contributed by atoms with Crippen molar-refractivity contribution in [3.8, 4) is 11.3 Å². The topological polar surface area (TPSA) is 49.3 Å². The molecule has 2 heterocycles. The van der Waals surface area contributed by atoms with E-state index in [4.69, 9.17) is 9.97 Å². The van der Waals surface area contributed by atoms with Crippen molar-refractivity contribution >= 4 is 22.8 Å². The van der Waals surface area contributed by atoms with Gasteiger partial charge in [-0.25, -0.2) is 9.97 Å². The van der Waals surface area contributed by atoms with Crippen molar-refractivity contribution in [2.75, 3.05) is 31.1 Å². The monoisotopic (exact) mass is 358 g/mol. The Balaban J connectivity index is 1.49. The van der Waals surface area contributed by atoms with E-state index in [1.54, 1.807) is 0 Å². The van der Waals surface area contributed by atoms with E-state index < -0.39 is 0 Å². The first-order valence-electron chi connectivity index (χ1n) is 9.65. The largest absolute Gasteiger partial charge is 0.351 e. The van der Waals surface area contributed by atoms with Crippen LogP contribution in [0.4, 0.5) is 5.82 Å². The molecule has 1 amide bonds. The number of amides is 1. The molecule has 0 radical (unpaired) electrons. The van der Waals surface area contributed by atoms with Gasteiger partial charge in [0.2, 0.25) is 5.91 Å². The van der Waals surface area contributed by atoms with Gasteiger partial charge < -0.3 is 9.80 Å². The second-order valence-corrected chi connectivity index (χ2v) is 7.34. The zero-order valence-electron chi connectivity index (χ0n) is 15.2. The summed E-state index contributed by atoms with van der Waals surface area (Å²) in [5.74, 6) is 1.54. The van der Waals surface area contributed by atoms with Crippen LogP contribution < -0.4 is 4.90 Å². The highest BCUT2D eigenvalue weighted by Crippen LogP contribution is 2.33. The first kappa shape index (κ1) is 16.2. The number of para-hydroxylation sites is 2. The molecule has 0 N–H and O–H groups in total. The number of aromatic nitrogens is 2. The molecule has 2 aliphatic rings. The summed E-state index contributed by atoms with van der Waals surface area (Å²) in [5, 5.41) is 0. The minimum atomic E-state index is 0.289. The van der Waals surface area contributed by atoms with E-state index in [0.717, 1.165) is 67.1 Å². The van der Waals surface area contributed by atoms with Crippen LogP contribution in [0.25, 0.3) is 22.3 Å². The van der Waals surface area contributed by atoms with Crippen molar-refractivity contribution in [3.63, 3.8) is 0 Å². The Morgan fingerprint density at radius 3 is 2.11 bits per heavy atom. The molecular formula is C22H22N4O. The number of hydrogen-bond donors (Lipinski definition) is 0. The van der Waals surface area contributed by atoms with Crippen molar-refractivity contribution in [1.82, 2.24) is 14.9 Å². The van der Waals surface area contributed by atoms with Crippen molar-refractivity contribution in [1.29, 1.82) is 0 Å². The van der Waals surface area contributed by atoms with Crippen LogP contribution >= 0.6 is 0 Å². The summed E-state index contributed by atoms with van der Waals surface area (Å²) in [5.41, 5.74) is 3.80. The molecule has 1 aromatic heterocycles. The summed E-state index contributed by atoms with van der Waals surface area (Å²) in [7, 11) is 0. The Labute approximate surface area is 158 Å². The molecule has 27 heavy (non-hydrogen) atoms. The number of benzene rings is 2. The molecule has 3 aromatic rings. The van der Waals surface area contributed by atoms with Crippen molar-refractivity contribution in [3.05, 3.63) is 54.6 Å². The van der Waals surface area contributed by atoms with Gasteiger partial charge in [-0.05, 0) is 25.0 Å². The zero-order valence-corrected chi connectivity index (χ0v) is 15.2. The van der Waals surface area contributed by atoms with Crippen LogP contribution in [-0.4, -0.2) is 47.0 Å². The smallest absolute Gasteiger partial charge is 0.225 e. The lowest BCUT2D eigenvalue weighted by atomic mass is 10.1. The number of carbonyl (C=O) groups excluding carboxylic acids is 1. The molecule has 136 valence electrons. The van der Waals surface area contributed by atoms with E-state index in [-0.39, 0.29) is 5.92 Å². The van der Waals surface area contributed by atoms with E-state index in [1.165, 1.54) is 0 Å². The lowest BCUT2D eigenvalue weighted by Crippen LogP contribution is -2.49. The van der Waals surface area contributed by atoms with Crippen molar-refractivity contribution < 1.29 is 4.79 Å². The highest BCUT2D eigenvalue weighted by molar-refractivity contribution is 5.84. The minimum absolute atomic E-state index is 0.289. The van der Waals surface area contributed by atoms with Gasteiger partial charge in [0.15, 0.2) is 5.82 Å². The number of rotatable bonds is 3. The first-order valence-corrected chi connectivity index (χ1v) is 9.65. The average Bonchev–Trinajstić information content (AvgIpc) is 3.58. The number of piperazine rings is 1. The number of anilines is 1. The first-order chi connectivity index (χ1) is 13.3. The van der Waals surface area contributed by atoms with Gasteiger partial charge in [-0.15, -0.1) is 0 Å². The zero-order chi connectivity index (χ0) is 18.2. The maximum Gasteiger partial charge on any atom is 0.225 e. The van der Waals surface area contributed by atoms with Gasteiger partial charge in [-0.1, -0.05) is 42.5 Å². The quantitative estimate of drug-likeness (QED) is 0.720. The second kappa shape index (κ2) is 6.65. The van der Waals surface area contributed by atoms with Gasteiger partial charge in [-0.2, -0.15) is 0 Å². The Hall–Kier alpha value is -2.95. The van der Waals surface area contributed by atoms with Crippen LogP contribution in [-0.2, 0) is 4.79 Å². The lowest BCUT2D eigenvalue weighted by Gasteiger charge is -2.36. The molecule has 5 rings (SSSR count). The van der Waals surface area contributed by atoms with E-state index >= 15 is 0 Å². The fraction of sp³-hybridized carbons (Fsp3) is 0.318. The van der Waals surface area contributed by atoms with Gasteiger partial charge in [0.25, 0.3) is 0 Å². The molecule has 0 bridgehead atoms. The van der Waals surface area contributed by atoms with Crippen LogP contribution in [0.3, 0.4) is 0 Å². The molecule has 1 aliphatic carbocycles. The minimum Gasteiger partial charge on any atom is -0.351 e. The maximum absolute atomic E-state index is 12.3. The third-order valence-electron chi connectivity index (χ3n) is 5.42. The number of fused-ring (bicyclic) bond motifs is 1. The Bertz CT molecular complexity index is 976. The highest BCUT2D eigenvalue weighted by atomic mass is 16.2. The van der Waals surface area contributed by atoms with Gasteiger partial charge in [0.1, 0.15) is 5.69 Å². The predicted molar refractivity (Wildman–Crippen MR) is 106 cm³/mol. The summed E-state index contributed by atoms with van der Waals surface area (Å²) in [6.45, 7) is 3.12.